The van der Waals surface area contributed by atoms with Crippen LogP contribution in [0.25, 0.3) is 0 Å². The minimum absolute atomic E-state index is 0.231. The van der Waals surface area contributed by atoms with E-state index in [1.165, 1.54) is 19.1 Å². The second-order valence-electron chi connectivity index (χ2n) is 3.49. The number of aliphatic carboxylic acids is 1. The Morgan fingerprint density at radius 2 is 2.20 bits per heavy atom. The fraction of sp³-hybridized carbons (Fsp3) is 0.250. The van der Waals surface area contributed by atoms with Gasteiger partial charge in [-0.25, -0.2) is 9.18 Å². The van der Waals surface area contributed by atoms with Crippen molar-refractivity contribution in [3.05, 3.63) is 46.8 Å². The molecule has 1 aromatic rings. The molecule has 0 aromatic heterocycles. The third-order valence-electron chi connectivity index (χ3n) is 2.17. The van der Waals surface area contributed by atoms with Crippen LogP contribution < -0.4 is 0 Å². The summed E-state index contributed by atoms with van der Waals surface area (Å²) >= 11 is 0. The molecule has 1 N–H and O–H groups in total. The van der Waals surface area contributed by atoms with Crippen LogP contribution in [-0.4, -0.2) is 11.1 Å². The van der Waals surface area contributed by atoms with Crippen molar-refractivity contribution in [3.63, 3.8) is 0 Å². The quantitative estimate of drug-likeness (QED) is 0.775. The number of carboxylic acid groups (broad SMARTS) is 1. The third-order valence-corrected chi connectivity index (χ3v) is 2.17. The van der Waals surface area contributed by atoms with Crippen LogP contribution in [0.15, 0.2) is 29.8 Å². The van der Waals surface area contributed by atoms with E-state index in [2.05, 4.69) is 0 Å². The number of aryl methyl sites for hydroxylation is 1. The normalized spacial score (nSPS) is 11.5. The van der Waals surface area contributed by atoms with E-state index in [0.717, 1.165) is 5.56 Å². The topological polar surface area (TPSA) is 37.3 Å². The van der Waals surface area contributed by atoms with Crippen LogP contribution in [-0.2, 0) is 11.2 Å². The molecule has 1 rings (SSSR count). The van der Waals surface area contributed by atoms with Gasteiger partial charge in [0, 0.05) is 5.57 Å². The molecule has 0 spiro atoms. The highest BCUT2D eigenvalue weighted by Crippen LogP contribution is 2.11. The fourth-order valence-electron chi connectivity index (χ4n) is 1.17. The van der Waals surface area contributed by atoms with Crippen LogP contribution in [0, 0.1) is 12.7 Å². The van der Waals surface area contributed by atoms with Gasteiger partial charge in [0.2, 0.25) is 0 Å². The first-order valence-corrected chi connectivity index (χ1v) is 4.66. The van der Waals surface area contributed by atoms with Gasteiger partial charge in [-0.3, -0.25) is 0 Å². The highest BCUT2D eigenvalue weighted by atomic mass is 19.1. The van der Waals surface area contributed by atoms with E-state index in [4.69, 9.17) is 5.11 Å². The predicted octanol–water partition coefficient (Wildman–Crippen LogP) is 2.71. The van der Waals surface area contributed by atoms with Crippen molar-refractivity contribution in [2.45, 2.75) is 20.3 Å². The minimum atomic E-state index is -0.970. The molecule has 0 saturated heterocycles. The molecule has 0 aliphatic carbocycles. The van der Waals surface area contributed by atoms with Gasteiger partial charge >= 0.3 is 5.97 Å². The molecule has 1 aromatic carbocycles. The number of hydrogen-bond acceptors (Lipinski definition) is 1. The molecule has 0 unspecified atom stereocenters. The maximum Gasteiger partial charge on any atom is 0.330 e. The zero-order valence-corrected chi connectivity index (χ0v) is 8.75. The van der Waals surface area contributed by atoms with Gasteiger partial charge in [0.1, 0.15) is 5.82 Å². The number of halogens is 1. The summed E-state index contributed by atoms with van der Waals surface area (Å²) < 4.78 is 13.3. The Morgan fingerprint density at radius 1 is 1.53 bits per heavy atom. The Bertz CT molecular complexity index is 408. The maximum atomic E-state index is 13.3. The summed E-state index contributed by atoms with van der Waals surface area (Å²) in [5.41, 5.74) is 1.60. The number of allylic oxidation sites excluding steroid dienone is 1. The summed E-state index contributed by atoms with van der Waals surface area (Å²) in [5, 5.41) is 8.61. The van der Waals surface area contributed by atoms with E-state index in [9.17, 15) is 9.18 Å². The number of hydrogen-bond donors (Lipinski definition) is 1. The summed E-state index contributed by atoms with van der Waals surface area (Å²) in [4.78, 5) is 10.5. The number of rotatable bonds is 3. The molecule has 0 fully saturated rings. The van der Waals surface area contributed by atoms with Crippen molar-refractivity contribution in [1.29, 1.82) is 0 Å². The van der Waals surface area contributed by atoms with E-state index in [1.54, 1.807) is 6.07 Å². The third kappa shape index (κ3) is 3.20. The predicted molar refractivity (Wildman–Crippen MR) is 56.2 cm³/mol. The van der Waals surface area contributed by atoms with E-state index >= 15 is 0 Å². The lowest BCUT2D eigenvalue weighted by Crippen LogP contribution is -1.97. The van der Waals surface area contributed by atoms with Gasteiger partial charge in [0.05, 0.1) is 0 Å². The molecule has 0 aliphatic rings. The van der Waals surface area contributed by atoms with Crippen molar-refractivity contribution in [3.8, 4) is 0 Å². The number of carboxylic acids is 1. The summed E-state index contributed by atoms with van der Waals surface area (Å²) in [7, 11) is 0. The van der Waals surface area contributed by atoms with E-state index in [-0.39, 0.29) is 11.4 Å². The van der Waals surface area contributed by atoms with Crippen molar-refractivity contribution in [1.82, 2.24) is 0 Å². The zero-order chi connectivity index (χ0) is 11.4. The summed E-state index contributed by atoms with van der Waals surface area (Å²) in [6.07, 6.45) is 1.82. The Morgan fingerprint density at radius 3 is 2.73 bits per heavy atom. The van der Waals surface area contributed by atoms with E-state index in [0.29, 0.717) is 12.0 Å². The first-order valence-electron chi connectivity index (χ1n) is 4.66. The van der Waals surface area contributed by atoms with Crippen LogP contribution >= 0.6 is 0 Å². The highest BCUT2D eigenvalue weighted by Gasteiger charge is 2.03. The van der Waals surface area contributed by atoms with Gasteiger partial charge in [-0.15, -0.1) is 0 Å². The molecule has 0 heterocycles. The summed E-state index contributed by atoms with van der Waals surface area (Å²) in [5.74, 6) is -1.26. The molecule has 80 valence electrons. The fourth-order valence-corrected chi connectivity index (χ4v) is 1.17. The average molecular weight is 208 g/mol. The van der Waals surface area contributed by atoms with Crippen LogP contribution in [0.2, 0.25) is 0 Å². The molecular weight excluding hydrogens is 195 g/mol. The number of carbonyl (C=O) groups is 1. The second-order valence-corrected chi connectivity index (χ2v) is 3.49. The van der Waals surface area contributed by atoms with E-state index in [1.807, 2.05) is 13.0 Å². The Kier molecular flexibility index (Phi) is 3.61. The average Bonchev–Trinajstić information content (AvgIpc) is 2.15. The monoisotopic (exact) mass is 208 g/mol. The number of benzene rings is 1. The Hall–Kier alpha value is -1.64. The molecule has 0 aliphatic heterocycles. The van der Waals surface area contributed by atoms with Crippen LogP contribution in [0.5, 0.6) is 0 Å². The van der Waals surface area contributed by atoms with Gasteiger partial charge in [-0.05, 0) is 37.5 Å². The largest absolute Gasteiger partial charge is 0.478 e. The van der Waals surface area contributed by atoms with Crippen molar-refractivity contribution in [2.24, 2.45) is 0 Å². The van der Waals surface area contributed by atoms with E-state index < -0.39 is 5.97 Å². The smallest absolute Gasteiger partial charge is 0.330 e. The minimum Gasteiger partial charge on any atom is -0.478 e. The zero-order valence-electron chi connectivity index (χ0n) is 8.75. The molecule has 0 amide bonds. The molecule has 3 heteroatoms. The van der Waals surface area contributed by atoms with Gasteiger partial charge in [-0.1, -0.05) is 18.2 Å². The lowest BCUT2D eigenvalue weighted by Gasteiger charge is -2.01. The van der Waals surface area contributed by atoms with Crippen molar-refractivity contribution >= 4 is 5.97 Å². The summed E-state index contributed by atoms with van der Waals surface area (Å²) in [6.45, 7) is 3.31. The maximum absolute atomic E-state index is 13.3. The van der Waals surface area contributed by atoms with Crippen LogP contribution in [0.4, 0.5) is 4.39 Å². The molecule has 15 heavy (non-hydrogen) atoms. The first-order chi connectivity index (χ1) is 7.00. The van der Waals surface area contributed by atoms with Crippen molar-refractivity contribution in [2.75, 3.05) is 0 Å². The van der Waals surface area contributed by atoms with Gasteiger partial charge < -0.3 is 5.11 Å². The molecule has 2 nitrogen and oxygen atoms in total. The lowest BCUT2D eigenvalue weighted by molar-refractivity contribution is -0.132. The highest BCUT2D eigenvalue weighted by molar-refractivity contribution is 5.85. The molecule has 0 atom stereocenters. The molecule has 0 saturated carbocycles. The molecular formula is C12H13FO2. The standard InChI is InChI=1S/C12H13FO2/c1-8-3-5-10(11(13)7-8)6-4-9(2)12(14)15/h3-5,7H,6H2,1-2H3,(H,14,15). The van der Waals surface area contributed by atoms with Crippen molar-refractivity contribution < 1.29 is 14.3 Å². The van der Waals surface area contributed by atoms with Crippen LogP contribution in [0.1, 0.15) is 18.1 Å². The SMILES string of the molecule is CC(=CCc1ccc(C)cc1F)C(=O)O. The second kappa shape index (κ2) is 4.73. The van der Waals surface area contributed by atoms with Gasteiger partial charge in [0.25, 0.3) is 0 Å². The van der Waals surface area contributed by atoms with Gasteiger partial charge in [0.15, 0.2) is 0 Å². The van der Waals surface area contributed by atoms with Crippen LogP contribution in [0.3, 0.4) is 0 Å². The van der Waals surface area contributed by atoms with Gasteiger partial charge in [-0.2, -0.15) is 0 Å². The Balaban J connectivity index is 2.82. The Labute approximate surface area is 88.1 Å². The summed E-state index contributed by atoms with van der Waals surface area (Å²) in [6, 6.07) is 4.93. The molecule has 0 radical (unpaired) electrons. The first kappa shape index (κ1) is 11.4. The molecule has 0 bridgehead atoms. The lowest BCUT2D eigenvalue weighted by atomic mass is 10.1.